The van der Waals surface area contributed by atoms with Crippen molar-refractivity contribution in [2.75, 3.05) is 25.0 Å². The highest BCUT2D eigenvalue weighted by Gasteiger charge is 2.45. The molecule has 1 aromatic carbocycles. The monoisotopic (exact) mass is 309 g/mol. The lowest BCUT2D eigenvalue weighted by atomic mass is 9.97. The Labute approximate surface area is 137 Å². The number of pyridine rings is 1. The van der Waals surface area contributed by atoms with Crippen LogP contribution in [0.25, 0.3) is 0 Å². The second kappa shape index (κ2) is 6.30. The number of ether oxygens (including phenoxy) is 1. The molecule has 4 nitrogen and oxygen atoms in total. The van der Waals surface area contributed by atoms with Crippen molar-refractivity contribution in [3.05, 3.63) is 60.3 Å². The van der Waals surface area contributed by atoms with E-state index in [0.717, 1.165) is 44.9 Å². The van der Waals surface area contributed by atoms with E-state index in [1.807, 2.05) is 24.4 Å². The number of rotatable bonds is 4. The van der Waals surface area contributed by atoms with Gasteiger partial charge in [-0.15, -0.1) is 0 Å². The summed E-state index contributed by atoms with van der Waals surface area (Å²) in [6.45, 7) is 3.94. The molecule has 0 amide bonds. The van der Waals surface area contributed by atoms with Gasteiger partial charge in [0.25, 0.3) is 0 Å². The maximum absolute atomic E-state index is 6.22. The fourth-order valence-electron chi connectivity index (χ4n) is 3.78. The van der Waals surface area contributed by atoms with Crippen LogP contribution in [0.4, 0.5) is 5.82 Å². The minimum atomic E-state index is 0.0290. The highest BCUT2D eigenvalue weighted by Crippen LogP contribution is 2.36. The fourth-order valence-corrected chi connectivity index (χ4v) is 3.78. The van der Waals surface area contributed by atoms with Crippen LogP contribution in [0.2, 0.25) is 0 Å². The van der Waals surface area contributed by atoms with Crippen molar-refractivity contribution >= 4 is 5.82 Å². The predicted molar refractivity (Wildman–Crippen MR) is 91.3 cm³/mol. The van der Waals surface area contributed by atoms with E-state index in [1.54, 1.807) is 0 Å². The summed E-state index contributed by atoms with van der Waals surface area (Å²) in [4.78, 5) is 6.86. The van der Waals surface area contributed by atoms with E-state index in [1.165, 1.54) is 5.56 Å². The third-order valence-electron chi connectivity index (χ3n) is 4.87. The molecule has 0 aliphatic carbocycles. The molecule has 2 aromatic rings. The van der Waals surface area contributed by atoms with Gasteiger partial charge in [0.2, 0.25) is 0 Å². The Morgan fingerprint density at radius 2 is 2.04 bits per heavy atom. The molecule has 2 atom stereocenters. The normalized spacial score (nSPS) is 27.6. The summed E-state index contributed by atoms with van der Waals surface area (Å²) >= 11 is 0. The van der Waals surface area contributed by atoms with Crippen LogP contribution in [-0.2, 0) is 11.3 Å². The molecule has 0 bridgehead atoms. The molecule has 23 heavy (non-hydrogen) atoms. The van der Waals surface area contributed by atoms with E-state index in [4.69, 9.17) is 4.74 Å². The molecule has 0 radical (unpaired) electrons. The van der Waals surface area contributed by atoms with Gasteiger partial charge in [-0.3, -0.25) is 4.90 Å². The molecule has 1 aromatic heterocycles. The first kappa shape index (κ1) is 14.7. The average molecular weight is 309 g/mol. The average Bonchev–Trinajstić information content (AvgIpc) is 3.16. The van der Waals surface area contributed by atoms with Crippen molar-refractivity contribution in [1.82, 2.24) is 9.88 Å². The van der Waals surface area contributed by atoms with E-state index < -0.39 is 0 Å². The molecule has 2 aliphatic rings. The summed E-state index contributed by atoms with van der Waals surface area (Å²) in [5.41, 5.74) is 1.41. The molecular weight excluding hydrogens is 286 g/mol. The third-order valence-corrected chi connectivity index (χ3v) is 4.87. The van der Waals surface area contributed by atoms with E-state index in [2.05, 4.69) is 45.5 Å². The lowest BCUT2D eigenvalue weighted by Crippen LogP contribution is -2.33. The Bertz CT molecular complexity index is 574. The molecule has 3 heterocycles. The molecule has 2 saturated heterocycles. The van der Waals surface area contributed by atoms with Crippen molar-refractivity contribution in [3.63, 3.8) is 0 Å². The van der Waals surface area contributed by atoms with Gasteiger partial charge in [0.1, 0.15) is 5.82 Å². The van der Waals surface area contributed by atoms with E-state index in [0.29, 0.717) is 6.04 Å². The van der Waals surface area contributed by atoms with Crippen LogP contribution in [0, 0.1) is 0 Å². The minimum absolute atomic E-state index is 0.0290. The van der Waals surface area contributed by atoms with Crippen LogP contribution >= 0.6 is 0 Å². The number of anilines is 1. The van der Waals surface area contributed by atoms with Crippen LogP contribution in [0.3, 0.4) is 0 Å². The summed E-state index contributed by atoms with van der Waals surface area (Å²) in [6, 6.07) is 17.0. The van der Waals surface area contributed by atoms with Crippen LogP contribution in [-0.4, -0.2) is 41.2 Å². The maximum atomic E-state index is 6.22. The molecule has 0 saturated carbocycles. The molecule has 120 valence electrons. The molecule has 4 rings (SSSR count). The van der Waals surface area contributed by atoms with Gasteiger partial charge in [0, 0.05) is 32.3 Å². The zero-order valence-corrected chi connectivity index (χ0v) is 13.3. The Morgan fingerprint density at radius 1 is 1.17 bits per heavy atom. The molecule has 2 fully saturated rings. The molecule has 1 N–H and O–H groups in total. The highest BCUT2D eigenvalue weighted by molar-refractivity contribution is 5.35. The second-order valence-electron chi connectivity index (χ2n) is 6.70. The van der Waals surface area contributed by atoms with Gasteiger partial charge in [0.05, 0.1) is 18.2 Å². The first-order valence-electron chi connectivity index (χ1n) is 8.39. The van der Waals surface area contributed by atoms with E-state index in [-0.39, 0.29) is 5.60 Å². The fraction of sp³-hybridized carbons (Fsp3) is 0.421. The number of nitrogens with zero attached hydrogens (tertiary/aromatic N) is 2. The third kappa shape index (κ3) is 3.38. The van der Waals surface area contributed by atoms with Crippen molar-refractivity contribution < 1.29 is 4.74 Å². The van der Waals surface area contributed by atoms with Gasteiger partial charge in [-0.1, -0.05) is 36.4 Å². The number of benzene rings is 1. The SMILES string of the molecule is c1ccc(CN2CC[C@@]3(C[C@@H](Nc4ccccn4)CO3)C2)cc1. The number of hydrogen-bond acceptors (Lipinski definition) is 4. The zero-order chi connectivity index (χ0) is 15.5. The summed E-state index contributed by atoms with van der Waals surface area (Å²) in [6.07, 6.45) is 4.01. The number of hydrogen-bond donors (Lipinski definition) is 1. The van der Waals surface area contributed by atoms with Crippen LogP contribution in [0.1, 0.15) is 18.4 Å². The van der Waals surface area contributed by atoms with Gasteiger partial charge >= 0.3 is 0 Å². The highest BCUT2D eigenvalue weighted by atomic mass is 16.5. The molecular formula is C19H23N3O. The predicted octanol–water partition coefficient (Wildman–Crippen LogP) is 2.93. The van der Waals surface area contributed by atoms with Crippen molar-refractivity contribution in [2.24, 2.45) is 0 Å². The van der Waals surface area contributed by atoms with Crippen LogP contribution in [0.5, 0.6) is 0 Å². The molecule has 0 unspecified atom stereocenters. The van der Waals surface area contributed by atoms with Gasteiger partial charge < -0.3 is 10.1 Å². The van der Waals surface area contributed by atoms with Gasteiger partial charge in [-0.2, -0.15) is 0 Å². The topological polar surface area (TPSA) is 37.4 Å². The quantitative estimate of drug-likeness (QED) is 0.942. The Balaban J connectivity index is 1.34. The lowest BCUT2D eigenvalue weighted by Gasteiger charge is -2.23. The van der Waals surface area contributed by atoms with Crippen molar-refractivity contribution in [2.45, 2.75) is 31.0 Å². The van der Waals surface area contributed by atoms with Gasteiger partial charge in [-0.05, 0) is 24.1 Å². The van der Waals surface area contributed by atoms with E-state index in [9.17, 15) is 0 Å². The van der Waals surface area contributed by atoms with Gasteiger partial charge in [0.15, 0.2) is 0 Å². The Kier molecular flexibility index (Phi) is 4.02. The Morgan fingerprint density at radius 3 is 2.87 bits per heavy atom. The Hall–Kier alpha value is -1.91. The van der Waals surface area contributed by atoms with Crippen LogP contribution in [0.15, 0.2) is 54.7 Å². The van der Waals surface area contributed by atoms with E-state index >= 15 is 0 Å². The van der Waals surface area contributed by atoms with Gasteiger partial charge in [-0.25, -0.2) is 4.98 Å². The molecule has 2 aliphatic heterocycles. The molecule has 4 heteroatoms. The van der Waals surface area contributed by atoms with Crippen molar-refractivity contribution in [3.8, 4) is 0 Å². The minimum Gasteiger partial charge on any atom is -0.371 e. The number of aromatic nitrogens is 1. The van der Waals surface area contributed by atoms with Crippen LogP contribution < -0.4 is 5.32 Å². The second-order valence-corrected chi connectivity index (χ2v) is 6.70. The summed E-state index contributed by atoms with van der Waals surface area (Å²) in [7, 11) is 0. The summed E-state index contributed by atoms with van der Waals surface area (Å²) in [5.74, 6) is 0.942. The first-order chi connectivity index (χ1) is 11.3. The summed E-state index contributed by atoms with van der Waals surface area (Å²) < 4.78 is 6.22. The first-order valence-corrected chi connectivity index (χ1v) is 8.39. The maximum Gasteiger partial charge on any atom is 0.126 e. The number of likely N-dealkylation sites (tertiary alicyclic amines) is 1. The largest absolute Gasteiger partial charge is 0.371 e. The zero-order valence-electron chi connectivity index (χ0n) is 13.3. The number of nitrogens with one attached hydrogen (secondary N) is 1. The standard InChI is InChI=1S/C19H23N3O/c1-2-6-16(7-3-1)13-22-11-9-19(15-22)12-17(14-23-19)21-18-8-4-5-10-20-18/h1-8,10,17H,9,11-15H2,(H,20,21)/t17-,19-/m1/s1. The summed E-state index contributed by atoms with van der Waals surface area (Å²) in [5, 5.41) is 3.50. The van der Waals surface area contributed by atoms with Crippen molar-refractivity contribution in [1.29, 1.82) is 0 Å². The smallest absolute Gasteiger partial charge is 0.126 e. The lowest BCUT2D eigenvalue weighted by molar-refractivity contribution is 0.0120. The molecule has 1 spiro atoms.